The van der Waals surface area contributed by atoms with E-state index in [0.717, 1.165) is 12.8 Å². The average molecular weight is 164 g/mol. The summed E-state index contributed by atoms with van der Waals surface area (Å²) in [6.45, 7) is 5.22. The Bertz CT molecular complexity index is 62.0. The maximum absolute atomic E-state index is 9.01. The van der Waals surface area contributed by atoms with Crippen molar-refractivity contribution in [1.82, 2.24) is 0 Å². The molecule has 0 saturated heterocycles. The maximum atomic E-state index is 9.01. The first kappa shape index (κ1) is 10.1. The molecule has 0 spiro atoms. The van der Waals surface area contributed by atoms with E-state index < -0.39 is 9.53 Å². The van der Waals surface area contributed by atoms with E-state index in [4.69, 9.17) is 13.6 Å². The van der Waals surface area contributed by atoms with Crippen LogP contribution in [0.4, 0.5) is 0 Å². The van der Waals surface area contributed by atoms with Crippen molar-refractivity contribution in [2.45, 2.75) is 26.7 Å². The molecule has 62 valence electrons. The van der Waals surface area contributed by atoms with Gasteiger partial charge in [0.2, 0.25) is 0 Å². The predicted molar refractivity (Wildman–Crippen MR) is 41.9 cm³/mol. The van der Waals surface area contributed by atoms with Crippen LogP contribution in [0.3, 0.4) is 0 Å². The molecule has 0 bridgehead atoms. The van der Waals surface area contributed by atoms with Crippen LogP contribution in [0, 0.1) is 0 Å². The maximum Gasteiger partial charge on any atom is 0.481 e. The van der Waals surface area contributed by atoms with Crippen molar-refractivity contribution >= 4 is 9.53 Å². The monoisotopic (exact) mass is 164 g/mol. The Labute approximate surface area is 63.9 Å². The van der Waals surface area contributed by atoms with Gasteiger partial charge in [-0.3, -0.25) is 0 Å². The molecule has 0 fully saturated rings. The van der Waals surface area contributed by atoms with Crippen molar-refractivity contribution in [2.24, 2.45) is 0 Å². The molecule has 0 aromatic rings. The molecule has 0 aromatic carbocycles. The van der Waals surface area contributed by atoms with Crippen molar-refractivity contribution in [1.29, 1.82) is 0 Å². The zero-order chi connectivity index (χ0) is 7.82. The van der Waals surface area contributed by atoms with E-state index >= 15 is 0 Å². The molecule has 0 aliphatic heterocycles. The van der Waals surface area contributed by atoms with E-state index in [1.165, 1.54) is 0 Å². The Balaban J connectivity index is 3.00. The van der Waals surface area contributed by atoms with Gasteiger partial charge in [-0.15, -0.1) is 0 Å². The summed E-state index contributed by atoms with van der Waals surface area (Å²) in [5.41, 5.74) is 0. The number of hydrogen-bond donors (Lipinski definition) is 1. The van der Waals surface area contributed by atoms with Crippen LogP contribution in [0.5, 0.6) is 0 Å². The zero-order valence-electron chi connectivity index (χ0n) is 6.67. The van der Waals surface area contributed by atoms with Crippen molar-refractivity contribution in [3.63, 3.8) is 0 Å². The fourth-order valence-electron chi connectivity index (χ4n) is 0.485. The Morgan fingerprint density at radius 3 is 1.80 bits per heavy atom. The van der Waals surface area contributed by atoms with Gasteiger partial charge in [-0.25, -0.2) is 0 Å². The van der Waals surface area contributed by atoms with Crippen molar-refractivity contribution in [2.75, 3.05) is 13.2 Å². The normalized spacial score (nSPS) is 10.8. The lowest BCUT2D eigenvalue weighted by Crippen LogP contribution is -2.23. The van der Waals surface area contributed by atoms with Gasteiger partial charge < -0.3 is 13.6 Å². The highest BCUT2D eigenvalue weighted by molar-refractivity contribution is 6.34. The highest BCUT2D eigenvalue weighted by Crippen LogP contribution is 1.88. The summed E-state index contributed by atoms with van der Waals surface area (Å²) >= 11 is 0. The van der Waals surface area contributed by atoms with Crippen molar-refractivity contribution in [3.8, 4) is 0 Å². The molecular weight excluding hydrogens is 148 g/mol. The van der Waals surface area contributed by atoms with Crippen LogP contribution >= 0.6 is 0 Å². The molecule has 1 N–H and O–H groups in total. The van der Waals surface area contributed by atoms with Crippen molar-refractivity contribution < 1.29 is 13.6 Å². The first-order valence-electron chi connectivity index (χ1n) is 3.72. The summed E-state index contributed by atoms with van der Waals surface area (Å²) < 4.78 is 9.93. The molecule has 0 radical (unpaired) electrons. The number of rotatable bonds is 6. The van der Waals surface area contributed by atoms with Crippen LogP contribution in [-0.2, 0) is 8.85 Å². The second kappa shape index (κ2) is 7.21. The molecule has 0 aliphatic rings. The minimum Gasteiger partial charge on any atom is -0.392 e. The van der Waals surface area contributed by atoms with Crippen LogP contribution in [-0.4, -0.2) is 27.5 Å². The molecule has 0 amide bonds. The van der Waals surface area contributed by atoms with Gasteiger partial charge in [-0.05, 0) is 12.8 Å². The second-order valence-corrected chi connectivity index (χ2v) is 3.33. The molecule has 4 heteroatoms. The minimum absolute atomic E-state index is 0.608. The Hall–Kier alpha value is 0.0969. The van der Waals surface area contributed by atoms with Gasteiger partial charge >= 0.3 is 9.53 Å². The van der Waals surface area contributed by atoms with E-state index in [1.54, 1.807) is 0 Å². The molecule has 0 aromatic heterocycles. The lowest BCUT2D eigenvalue weighted by molar-refractivity contribution is 0.133. The molecule has 0 atom stereocenters. The number of hydrogen-bond acceptors (Lipinski definition) is 3. The summed E-state index contributed by atoms with van der Waals surface area (Å²) in [6, 6.07) is 0. The predicted octanol–water partition coefficient (Wildman–Crippen LogP) is 0.549. The third-order valence-electron chi connectivity index (χ3n) is 0.929. The smallest absolute Gasteiger partial charge is 0.392 e. The summed E-state index contributed by atoms with van der Waals surface area (Å²) in [4.78, 5) is 9.01. The van der Waals surface area contributed by atoms with E-state index in [2.05, 4.69) is 0 Å². The summed E-state index contributed by atoms with van der Waals surface area (Å²) in [5, 5.41) is 0. The molecule has 3 nitrogen and oxygen atoms in total. The van der Waals surface area contributed by atoms with E-state index in [9.17, 15) is 0 Å². The first-order valence-corrected chi connectivity index (χ1v) is 5.18. The van der Waals surface area contributed by atoms with E-state index in [-0.39, 0.29) is 0 Å². The van der Waals surface area contributed by atoms with Crippen LogP contribution in [0.15, 0.2) is 0 Å². The third kappa shape index (κ3) is 6.22. The standard InChI is InChI=1S/C6H16O3Si/c1-3-5-8-10(7)9-6-4-2/h7,10H,3-6H2,1-2H3. The summed E-state index contributed by atoms with van der Waals surface area (Å²) in [7, 11) is -2.24. The van der Waals surface area contributed by atoms with Crippen LogP contribution in [0.1, 0.15) is 26.7 Å². The first-order chi connectivity index (χ1) is 4.81. The SMILES string of the molecule is CCCO[SiH](O)OCCC. The highest BCUT2D eigenvalue weighted by Gasteiger charge is 2.06. The molecule has 0 heterocycles. The highest BCUT2D eigenvalue weighted by atomic mass is 28.3. The lowest BCUT2D eigenvalue weighted by Gasteiger charge is -2.08. The molecule has 10 heavy (non-hydrogen) atoms. The van der Waals surface area contributed by atoms with Crippen molar-refractivity contribution in [3.05, 3.63) is 0 Å². The Kier molecular flexibility index (Phi) is 7.28. The van der Waals surface area contributed by atoms with E-state index in [1.807, 2.05) is 13.8 Å². The molecule has 0 saturated carbocycles. The second-order valence-electron chi connectivity index (χ2n) is 2.05. The molecule has 0 aliphatic carbocycles. The molecular formula is C6H16O3Si. The van der Waals surface area contributed by atoms with E-state index in [0.29, 0.717) is 13.2 Å². The van der Waals surface area contributed by atoms with Gasteiger partial charge in [0, 0.05) is 13.2 Å². The Morgan fingerprint density at radius 1 is 1.10 bits per heavy atom. The fourth-order valence-corrected chi connectivity index (χ4v) is 1.46. The zero-order valence-corrected chi connectivity index (χ0v) is 7.82. The molecule has 0 rings (SSSR count). The van der Waals surface area contributed by atoms with Gasteiger partial charge in [0.25, 0.3) is 0 Å². The third-order valence-corrected chi connectivity index (χ3v) is 1.97. The molecule has 0 unspecified atom stereocenters. The van der Waals surface area contributed by atoms with Gasteiger partial charge in [-0.1, -0.05) is 13.8 Å². The quantitative estimate of drug-likeness (QED) is 0.583. The van der Waals surface area contributed by atoms with Crippen LogP contribution in [0.2, 0.25) is 0 Å². The summed E-state index contributed by atoms with van der Waals surface area (Å²) in [5.74, 6) is 0. The average Bonchev–Trinajstić information content (AvgIpc) is 1.97. The van der Waals surface area contributed by atoms with Crippen LogP contribution < -0.4 is 0 Å². The van der Waals surface area contributed by atoms with Gasteiger partial charge in [0.1, 0.15) is 0 Å². The largest absolute Gasteiger partial charge is 0.481 e. The fraction of sp³-hybridized carbons (Fsp3) is 1.00. The minimum atomic E-state index is -2.24. The summed E-state index contributed by atoms with van der Waals surface area (Å²) in [6.07, 6.45) is 1.86. The van der Waals surface area contributed by atoms with Gasteiger partial charge in [0.15, 0.2) is 0 Å². The Morgan fingerprint density at radius 2 is 1.50 bits per heavy atom. The van der Waals surface area contributed by atoms with Gasteiger partial charge in [-0.2, -0.15) is 0 Å². The van der Waals surface area contributed by atoms with Crippen LogP contribution in [0.25, 0.3) is 0 Å². The van der Waals surface area contributed by atoms with Gasteiger partial charge in [0.05, 0.1) is 0 Å². The lowest BCUT2D eigenvalue weighted by atomic mass is 10.5. The topological polar surface area (TPSA) is 38.7 Å².